The fraction of sp³-hybridized carbons (Fsp3) is 0.333. The van der Waals surface area contributed by atoms with Gasteiger partial charge in [-0.1, -0.05) is 22.9 Å². The van der Waals surface area contributed by atoms with Crippen LogP contribution in [-0.4, -0.2) is 55.1 Å². The van der Waals surface area contributed by atoms with Gasteiger partial charge in [0.15, 0.2) is 5.13 Å². The maximum Gasteiger partial charge on any atom is 0.240 e. The first-order valence-electron chi connectivity index (χ1n) is 9.67. The van der Waals surface area contributed by atoms with E-state index in [1.54, 1.807) is 0 Å². The van der Waals surface area contributed by atoms with Gasteiger partial charge in [-0.25, -0.2) is 4.98 Å². The number of rotatable bonds is 6. The van der Waals surface area contributed by atoms with Crippen LogP contribution in [0.5, 0.6) is 5.75 Å². The van der Waals surface area contributed by atoms with Gasteiger partial charge in [-0.05, 0) is 49.4 Å². The highest BCUT2D eigenvalue weighted by Crippen LogP contribution is 2.29. The monoisotopic (exact) mass is 430 g/mol. The van der Waals surface area contributed by atoms with Gasteiger partial charge in [-0.2, -0.15) is 0 Å². The number of hydrogen-bond acceptors (Lipinski definition) is 6. The van der Waals surface area contributed by atoms with E-state index in [4.69, 9.17) is 16.3 Å². The molecule has 1 N–H and O–H groups in total. The number of amides is 1. The second-order valence-corrected chi connectivity index (χ2v) is 8.34. The molecule has 2 heterocycles. The lowest BCUT2D eigenvalue weighted by molar-refractivity contribution is -0.117. The van der Waals surface area contributed by atoms with Crippen LogP contribution < -0.4 is 15.0 Å². The first-order valence-corrected chi connectivity index (χ1v) is 10.9. The molecule has 4 rings (SSSR count). The van der Waals surface area contributed by atoms with E-state index in [0.29, 0.717) is 18.3 Å². The predicted molar refractivity (Wildman–Crippen MR) is 120 cm³/mol. The molecule has 1 fully saturated rings. The van der Waals surface area contributed by atoms with Crippen LogP contribution in [0.25, 0.3) is 10.2 Å². The third-order valence-corrected chi connectivity index (χ3v) is 6.03. The maximum absolute atomic E-state index is 12.5. The molecule has 0 saturated carbocycles. The smallest absolute Gasteiger partial charge is 0.240 e. The Hall–Kier alpha value is -2.35. The summed E-state index contributed by atoms with van der Waals surface area (Å²) in [5, 5.41) is 4.30. The van der Waals surface area contributed by atoms with Crippen molar-refractivity contribution in [3.8, 4) is 5.75 Å². The fourth-order valence-corrected chi connectivity index (χ4v) is 4.43. The Bertz CT molecular complexity index is 984. The largest absolute Gasteiger partial charge is 0.494 e. The Morgan fingerprint density at radius 2 is 1.93 bits per heavy atom. The number of piperazine rings is 1. The quantitative estimate of drug-likeness (QED) is 0.637. The van der Waals surface area contributed by atoms with Gasteiger partial charge in [0.2, 0.25) is 5.91 Å². The Balaban J connectivity index is 1.30. The molecule has 1 aliphatic rings. The van der Waals surface area contributed by atoms with E-state index in [-0.39, 0.29) is 5.91 Å². The number of nitrogens with one attached hydrogen (secondary N) is 1. The Morgan fingerprint density at radius 1 is 1.17 bits per heavy atom. The highest BCUT2D eigenvalue weighted by atomic mass is 35.5. The zero-order valence-corrected chi connectivity index (χ0v) is 17.8. The average Bonchev–Trinajstić information content (AvgIpc) is 3.11. The van der Waals surface area contributed by atoms with Crippen molar-refractivity contribution in [1.29, 1.82) is 0 Å². The number of carbonyl (C=O) groups excluding carboxylic acids is 1. The summed E-state index contributed by atoms with van der Waals surface area (Å²) in [6.07, 6.45) is 0. The minimum Gasteiger partial charge on any atom is -0.494 e. The molecule has 8 heteroatoms. The molecule has 0 spiro atoms. The summed E-state index contributed by atoms with van der Waals surface area (Å²) in [5.74, 6) is 0.786. The zero-order valence-electron chi connectivity index (χ0n) is 16.2. The van der Waals surface area contributed by atoms with E-state index < -0.39 is 0 Å². The first-order chi connectivity index (χ1) is 14.1. The molecular weight excluding hydrogens is 408 g/mol. The summed E-state index contributed by atoms with van der Waals surface area (Å²) >= 11 is 7.43. The zero-order chi connectivity index (χ0) is 20.2. The van der Waals surface area contributed by atoms with Gasteiger partial charge < -0.3 is 15.0 Å². The molecule has 6 nitrogen and oxygen atoms in total. The molecule has 0 bridgehead atoms. The lowest BCUT2D eigenvalue weighted by Gasteiger charge is -2.35. The van der Waals surface area contributed by atoms with Gasteiger partial charge in [0.1, 0.15) is 5.75 Å². The van der Waals surface area contributed by atoms with Crippen molar-refractivity contribution in [3.05, 3.63) is 47.5 Å². The lowest BCUT2D eigenvalue weighted by Crippen LogP contribution is -2.48. The summed E-state index contributed by atoms with van der Waals surface area (Å²) < 4.78 is 6.53. The van der Waals surface area contributed by atoms with Crippen LogP contribution in [0.1, 0.15) is 6.92 Å². The van der Waals surface area contributed by atoms with Crippen molar-refractivity contribution < 1.29 is 9.53 Å². The predicted octanol–water partition coefficient (Wildman–Crippen LogP) is 4.11. The van der Waals surface area contributed by atoms with E-state index >= 15 is 0 Å². The first kappa shape index (κ1) is 19.9. The average molecular weight is 431 g/mol. The van der Waals surface area contributed by atoms with E-state index in [9.17, 15) is 4.79 Å². The molecule has 152 valence electrons. The number of carbonyl (C=O) groups is 1. The van der Waals surface area contributed by atoms with E-state index in [0.717, 1.165) is 47.2 Å². The minimum absolute atomic E-state index is 0.0333. The molecule has 0 unspecified atom stereocenters. The number of fused-ring (bicyclic) bond motifs is 1. The molecule has 1 aromatic heterocycles. The lowest BCUT2D eigenvalue weighted by atomic mass is 10.2. The van der Waals surface area contributed by atoms with Crippen molar-refractivity contribution in [3.63, 3.8) is 0 Å². The molecule has 1 aliphatic heterocycles. The number of anilines is 2. The van der Waals surface area contributed by atoms with Crippen LogP contribution >= 0.6 is 22.9 Å². The van der Waals surface area contributed by atoms with E-state index in [2.05, 4.69) is 20.1 Å². The second-order valence-electron chi connectivity index (χ2n) is 6.87. The number of nitrogens with zero attached hydrogens (tertiary/aromatic N) is 3. The second kappa shape index (κ2) is 8.98. The normalized spacial score (nSPS) is 14.9. The third-order valence-electron chi connectivity index (χ3n) is 4.85. The van der Waals surface area contributed by atoms with Crippen LogP contribution in [-0.2, 0) is 4.79 Å². The molecule has 29 heavy (non-hydrogen) atoms. The summed E-state index contributed by atoms with van der Waals surface area (Å²) in [5.41, 5.74) is 2.03. The number of aromatic nitrogens is 1. The van der Waals surface area contributed by atoms with Crippen LogP contribution in [0.3, 0.4) is 0 Å². The molecule has 1 saturated heterocycles. The van der Waals surface area contributed by atoms with Crippen molar-refractivity contribution in [2.45, 2.75) is 6.92 Å². The Labute approximate surface area is 179 Å². The van der Waals surface area contributed by atoms with Crippen molar-refractivity contribution in [1.82, 2.24) is 9.88 Å². The Kier molecular flexibility index (Phi) is 6.18. The Morgan fingerprint density at radius 3 is 2.66 bits per heavy atom. The van der Waals surface area contributed by atoms with Crippen LogP contribution in [0, 0.1) is 0 Å². The van der Waals surface area contributed by atoms with Gasteiger partial charge >= 0.3 is 0 Å². The number of thiazole rings is 1. The molecule has 0 atom stereocenters. The molecule has 0 radical (unpaired) electrons. The number of benzene rings is 2. The van der Waals surface area contributed by atoms with Crippen LogP contribution in [0.4, 0.5) is 10.8 Å². The number of hydrogen-bond donors (Lipinski definition) is 1. The number of ether oxygens (including phenoxy) is 1. The molecule has 0 aliphatic carbocycles. The summed E-state index contributed by atoms with van der Waals surface area (Å²) in [7, 11) is 0. The molecular formula is C21H23ClN4O2S. The van der Waals surface area contributed by atoms with Gasteiger partial charge in [-0.15, -0.1) is 0 Å². The highest BCUT2D eigenvalue weighted by Gasteiger charge is 2.20. The van der Waals surface area contributed by atoms with Gasteiger partial charge in [-0.3, -0.25) is 9.69 Å². The topological polar surface area (TPSA) is 57.7 Å². The maximum atomic E-state index is 12.5. The third kappa shape index (κ3) is 4.98. The van der Waals surface area contributed by atoms with Gasteiger partial charge in [0.25, 0.3) is 0 Å². The number of halogens is 1. The molecule has 3 aromatic rings. The highest BCUT2D eigenvalue weighted by molar-refractivity contribution is 7.22. The molecule has 2 aromatic carbocycles. The summed E-state index contributed by atoms with van der Waals surface area (Å²) in [6, 6.07) is 13.7. The summed E-state index contributed by atoms with van der Waals surface area (Å²) in [6.45, 7) is 6.40. The minimum atomic E-state index is -0.0333. The summed E-state index contributed by atoms with van der Waals surface area (Å²) in [4.78, 5) is 21.5. The van der Waals surface area contributed by atoms with E-state index in [1.807, 2.05) is 49.4 Å². The van der Waals surface area contributed by atoms with Crippen molar-refractivity contribution in [2.24, 2.45) is 0 Å². The molecule has 1 amide bonds. The van der Waals surface area contributed by atoms with Crippen LogP contribution in [0.15, 0.2) is 42.5 Å². The SMILES string of the molecule is CCOc1ccc2nc(NC(=O)CN3CCN(c4ccc(Cl)cc4)CC3)sc2c1. The van der Waals surface area contributed by atoms with Crippen molar-refractivity contribution in [2.75, 3.05) is 49.5 Å². The van der Waals surface area contributed by atoms with Crippen LogP contribution in [0.2, 0.25) is 5.02 Å². The fourth-order valence-electron chi connectivity index (χ4n) is 3.39. The standard InChI is InChI=1S/C21H23ClN4O2S/c1-2-28-17-7-8-18-19(13-17)29-21(23-18)24-20(27)14-25-9-11-26(12-10-25)16-5-3-15(22)4-6-16/h3-8,13H,2,9-12,14H2,1H3,(H,23,24,27). The van der Waals surface area contributed by atoms with Gasteiger partial charge in [0, 0.05) is 36.9 Å². The van der Waals surface area contributed by atoms with Crippen molar-refractivity contribution >= 4 is 49.9 Å². The van der Waals surface area contributed by atoms with E-state index in [1.165, 1.54) is 17.0 Å². The van der Waals surface area contributed by atoms with Gasteiger partial charge in [0.05, 0.1) is 23.4 Å².